The predicted molar refractivity (Wildman–Crippen MR) is 32.8 cm³/mol. The van der Waals surface area contributed by atoms with Crippen molar-refractivity contribution in [1.29, 1.82) is 0 Å². The third-order valence-corrected chi connectivity index (χ3v) is 6.43. The molecule has 0 aliphatic carbocycles. The van der Waals surface area contributed by atoms with E-state index in [-0.39, 0.29) is 0 Å². The Labute approximate surface area is 62.3 Å². The minimum absolute atomic E-state index is 0.593. The van der Waals surface area contributed by atoms with E-state index in [1.165, 1.54) is 19.3 Å². The van der Waals surface area contributed by atoms with Crippen molar-refractivity contribution in [2.24, 2.45) is 0 Å². The van der Waals surface area contributed by atoms with Crippen LogP contribution in [0, 0.1) is 0 Å². The Kier molecular flexibility index (Phi) is 2.18. The van der Waals surface area contributed by atoms with E-state index in [2.05, 4.69) is 13.8 Å². The van der Waals surface area contributed by atoms with E-state index in [4.69, 9.17) is 0 Å². The van der Waals surface area contributed by atoms with E-state index in [1.54, 1.807) is 4.43 Å². The predicted octanol–water partition coefficient (Wildman–Crippen LogP) is -0.962. The molecule has 0 bridgehead atoms. The fourth-order valence-corrected chi connectivity index (χ4v) is 4.44. The van der Waals surface area contributed by atoms with Gasteiger partial charge in [-0.15, -0.1) is 0 Å². The molecule has 1 rings (SSSR count). The summed E-state index contributed by atoms with van der Waals surface area (Å²) in [5.74, 6) is 0. The van der Waals surface area contributed by atoms with E-state index >= 15 is 0 Å². The molecule has 1 heteroatoms. The van der Waals surface area contributed by atoms with Crippen molar-refractivity contribution in [2.75, 3.05) is 4.43 Å². The first-order valence-corrected chi connectivity index (χ1v) is 5.97. The second-order valence-corrected chi connectivity index (χ2v) is 7.14. The molecule has 1 atom stereocenters. The van der Waals surface area contributed by atoms with Gasteiger partial charge in [-0.3, -0.25) is 0 Å². The molecule has 1 heterocycles. The molecule has 0 aromatic carbocycles. The second-order valence-electron chi connectivity index (χ2n) is 2.69. The maximum absolute atomic E-state index is 2.47. The molecule has 0 nitrogen and oxygen atoms in total. The Balaban J connectivity index is 2.40. The maximum atomic E-state index is 2.47. The van der Waals surface area contributed by atoms with Crippen LogP contribution >= 0.6 is 0 Å². The summed E-state index contributed by atoms with van der Waals surface area (Å²) in [5.41, 5.74) is 0. The van der Waals surface area contributed by atoms with E-state index in [0.717, 1.165) is 3.42 Å². The third-order valence-electron chi connectivity index (χ3n) is 1.99. The summed E-state index contributed by atoms with van der Waals surface area (Å²) in [6.07, 6.45) is 4.48. The molecular formula is C7H14I-. The van der Waals surface area contributed by atoms with Gasteiger partial charge in [0.15, 0.2) is 0 Å². The van der Waals surface area contributed by atoms with E-state index in [9.17, 15) is 0 Å². The van der Waals surface area contributed by atoms with Crippen LogP contribution in [-0.2, 0) is 0 Å². The van der Waals surface area contributed by atoms with Crippen molar-refractivity contribution in [3.05, 3.63) is 0 Å². The molecule has 0 aromatic rings. The average Bonchev–Trinajstić information content (AvgIpc) is 2.17. The van der Waals surface area contributed by atoms with Crippen molar-refractivity contribution in [3.63, 3.8) is 0 Å². The molecule has 50 valence electrons. The molecule has 0 N–H and O–H groups in total. The molecule has 0 saturated carbocycles. The van der Waals surface area contributed by atoms with Gasteiger partial charge in [0.2, 0.25) is 0 Å². The number of halogens is 1. The van der Waals surface area contributed by atoms with Crippen LogP contribution in [0.3, 0.4) is 0 Å². The standard InChI is InChI=1S/C7H14I/c1-3-7(2)5-4-6-8-7/h3-6H2,1-2H3/q-1/t7-/m1/s1. The molecule has 1 aliphatic rings. The Morgan fingerprint density at radius 2 is 2.38 bits per heavy atom. The van der Waals surface area contributed by atoms with Crippen LogP contribution in [-0.4, -0.2) is 7.85 Å². The van der Waals surface area contributed by atoms with Crippen molar-refractivity contribution < 1.29 is 21.2 Å². The van der Waals surface area contributed by atoms with E-state index in [1.807, 2.05) is 0 Å². The Bertz CT molecular complexity index is 72.5. The van der Waals surface area contributed by atoms with Crippen LogP contribution in [0.15, 0.2) is 0 Å². The minimum atomic E-state index is 0.593. The fourth-order valence-electron chi connectivity index (χ4n) is 1.07. The zero-order valence-electron chi connectivity index (χ0n) is 5.71. The number of hydrogen-bond donors (Lipinski definition) is 0. The van der Waals surface area contributed by atoms with Crippen molar-refractivity contribution in [3.8, 4) is 0 Å². The van der Waals surface area contributed by atoms with Crippen molar-refractivity contribution in [2.45, 2.75) is 36.5 Å². The zero-order chi connectivity index (χ0) is 6.04. The average molecular weight is 225 g/mol. The molecule has 1 aliphatic heterocycles. The Morgan fingerprint density at radius 1 is 1.62 bits per heavy atom. The molecule has 1 fully saturated rings. The van der Waals surface area contributed by atoms with E-state index < -0.39 is 0 Å². The molecule has 0 radical (unpaired) electrons. The van der Waals surface area contributed by atoms with Gasteiger partial charge >= 0.3 is 62.2 Å². The van der Waals surface area contributed by atoms with Gasteiger partial charge in [-0.1, -0.05) is 0 Å². The molecular weight excluding hydrogens is 211 g/mol. The third kappa shape index (κ3) is 1.36. The first-order chi connectivity index (χ1) is 3.77. The summed E-state index contributed by atoms with van der Waals surface area (Å²) in [6, 6.07) is 0. The van der Waals surface area contributed by atoms with Gasteiger partial charge in [0.1, 0.15) is 0 Å². The molecule has 8 heavy (non-hydrogen) atoms. The van der Waals surface area contributed by atoms with Crippen molar-refractivity contribution in [1.82, 2.24) is 0 Å². The van der Waals surface area contributed by atoms with Crippen molar-refractivity contribution >= 4 is 0 Å². The summed E-state index contributed by atoms with van der Waals surface area (Å²) >= 11 is 0.593. The summed E-state index contributed by atoms with van der Waals surface area (Å²) in [6.45, 7) is 4.80. The fraction of sp³-hybridized carbons (Fsp3) is 1.00. The monoisotopic (exact) mass is 225 g/mol. The normalized spacial score (nSPS) is 39.2. The summed E-state index contributed by atoms with van der Waals surface area (Å²) < 4.78 is 2.43. The van der Waals surface area contributed by atoms with Gasteiger partial charge in [0.25, 0.3) is 0 Å². The molecule has 0 aromatic heterocycles. The van der Waals surface area contributed by atoms with Crippen LogP contribution in [0.25, 0.3) is 0 Å². The Morgan fingerprint density at radius 3 is 2.62 bits per heavy atom. The van der Waals surface area contributed by atoms with Gasteiger partial charge in [-0.05, 0) is 0 Å². The number of rotatable bonds is 1. The van der Waals surface area contributed by atoms with Gasteiger partial charge in [-0.2, -0.15) is 0 Å². The molecule has 0 amide bonds. The van der Waals surface area contributed by atoms with Gasteiger partial charge < -0.3 is 0 Å². The van der Waals surface area contributed by atoms with Crippen LogP contribution < -0.4 is 21.2 Å². The van der Waals surface area contributed by atoms with Crippen LogP contribution in [0.4, 0.5) is 0 Å². The first-order valence-electron chi connectivity index (χ1n) is 3.37. The summed E-state index contributed by atoms with van der Waals surface area (Å²) in [7, 11) is 0. The van der Waals surface area contributed by atoms with Crippen LogP contribution in [0.5, 0.6) is 0 Å². The molecule has 0 unspecified atom stereocenters. The first kappa shape index (κ1) is 6.84. The van der Waals surface area contributed by atoms with E-state index in [0.29, 0.717) is 21.2 Å². The second kappa shape index (κ2) is 2.54. The zero-order valence-corrected chi connectivity index (χ0v) is 7.86. The topological polar surface area (TPSA) is 0 Å². The summed E-state index contributed by atoms with van der Waals surface area (Å²) in [5, 5.41) is 0. The Hall–Kier alpha value is 0.730. The van der Waals surface area contributed by atoms with Crippen LogP contribution in [0.2, 0.25) is 0 Å². The quantitative estimate of drug-likeness (QED) is 0.398. The van der Waals surface area contributed by atoms with Crippen LogP contribution in [0.1, 0.15) is 33.1 Å². The van der Waals surface area contributed by atoms with Gasteiger partial charge in [0.05, 0.1) is 0 Å². The summed E-state index contributed by atoms with van der Waals surface area (Å²) in [4.78, 5) is 0. The number of hydrogen-bond acceptors (Lipinski definition) is 0. The number of alkyl halides is 2. The molecule has 0 spiro atoms. The SMILES string of the molecule is CC[C@]1(C)CCC[I-]1. The van der Waals surface area contributed by atoms with Gasteiger partial charge in [-0.25, -0.2) is 0 Å². The molecule has 1 saturated heterocycles. The van der Waals surface area contributed by atoms with Gasteiger partial charge in [0, 0.05) is 0 Å².